The molecule has 1 saturated heterocycles. The number of halogens is 1. The molecular weight excluding hydrogens is 265 g/mol. The molecule has 0 spiro atoms. The number of piperidine rings is 1. The van der Waals surface area contributed by atoms with Crippen molar-refractivity contribution >= 4 is 0 Å². The summed E-state index contributed by atoms with van der Waals surface area (Å²) in [7, 11) is 4.22. The highest BCUT2D eigenvalue weighted by molar-refractivity contribution is 5.37. The van der Waals surface area contributed by atoms with Gasteiger partial charge in [-0.1, -0.05) is 17.9 Å². The Bertz CT molecular complexity index is 533. The van der Waals surface area contributed by atoms with E-state index in [4.69, 9.17) is 5.73 Å². The third-order valence-electron chi connectivity index (χ3n) is 4.03. The summed E-state index contributed by atoms with van der Waals surface area (Å²) >= 11 is 0. The fourth-order valence-electron chi connectivity index (χ4n) is 2.80. The maximum atomic E-state index is 14.1. The largest absolute Gasteiger partial charge is 0.320 e. The van der Waals surface area contributed by atoms with Crippen molar-refractivity contribution in [3.8, 4) is 11.8 Å². The standard InChI is InChI=1S/C17H24FN3/c1-20-10-4-6-16(13-20)21(2)12-15-8-7-14(5-3-9-19)11-17(15)18/h7-8,11,16H,4,6,9-10,12-13,19H2,1-2H3. The number of hydrogen-bond donors (Lipinski definition) is 1. The van der Waals surface area contributed by atoms with Crippen LogP contribution in [0.4, 0.5) is 4.39 Å². The molecule has 0 bridgehead atoms. The second-order valence-corrected chi connectivity index (χ2v) is 5.79. The minimum absolute atomic E-state index is 0.185. The molecule has 114 valence electrons. The first-order valence-electron chi connectivity index (χ1n) is 7.46. The number of benzene rings is 1. The van der Waals surface area contributed by atoms with E-state index in [-0.39, 0.29) is 5.82 Å². The Morgan fingerprint density at radius 1 is 1.48 bits per heavy atom. The van der Waals surface area contributed by atoms with Gasteiger partial charge in [0.05, 0.1) is 6.54 Å². The molecule has 4 heteroatoms. The molecule has 1 aliphatic rings. The van der Waals surface area contributed by atoms with Crippen molar-refractivity contribution < 1.29 is 4.39 Å². The maximum absolute atomic E-state index is 14.1. The number of rotatable bonds is 3. The van der Waals surface area contributed by atoms with Crippen molar-refractivity contribution in [3.05, 3.63) is 35.1 Å². The van der Waals surface area contributed by atoms with E-state index in [0.717, 1.165) is 18.7 Å². The number of likely N-dealkylation sites (N-methyl/N-ethyl adjacent to an activating group) is 2. The highest BCUT2D eigenvalue weighted by Gasteiger charge is 2.21. The normalized spacial score (nSPS) is 19.4. The predicted octanol–water partition coefficient (Wildman–Crippen LogP) is 1.66. The Kier molecular flexibility index (Phi) is 5.75. The van der Waals surface area contributed by atoms with Crippen molar-refractivity contribution in [3.63, 3.8) is 0 Å². The molecule has 0 saturated carbocycles. The highest BCUT2D eigenvalue weighted by atomic mass is 19.1. The van der Waals surface area contributed by atoms with Crippen LogP contribution in [0.2, 0.25) is 0 Å². The molecule has 1 heterocycles. The zero-order chi connectivity index (χ0) is 15.2. The van der Waals surface area contributed by atoms with E-state index >= 15 is 0 Å². The predicted molar refractivity (Wildman–Crippen MR) is 84.3 cm³/mol. The van der Waals surface area contributed by atoms with Gasteiger partial charge in [0, 0.05) is 30.3 Å². The first kappa shape index (κ1) is 16.0. The average molecular weight is 289 g/mol. The van der Waals surface area contributed by atoms with E-state index in [1.807, 2.05) is 12.1 Å². The van der Waals surface area contributed by atoms with Crippen LogP contribution >= 0.6 is 0 Å². The summed E-state index contributed by atoms with van der Waals surface area (Å²) in [5.74, 6) is 5.42. The molecule has 0 radical (unpaired) electrons. The highest BCUT2D eigenvalue weighted by Crippen LogP contribution is 2.18. The first-order valence-corrected chi connectivity index (χ1v) is 7.46. The van der Waals surface area contributed by atoms with Gasteiger partial charge in [-0.15, -0.1) is 0 Å². The second kappa shape index (κ2) is 7.56. The van der Waals surface area contributed by atoms with Crippen molar-refractivity contribution in [1.82, 2.24) is 9.80 Å². The Morgan fingerprint density at radius 2 is 2.29 bits per heavy atom. The molecule has 2 N–H and O–H groups in total. The summed E-state index contributed by atoms with van der Waals surface area (Å²) < 4.78 is 14.1. The summed E-state index contributed by atoms with van der Waals surface area (Å²) in [6.07, 6.45) is 2.39. The van der Waals surface area contributed by atoms with Crippen LogP contribution < -0.4 is 5.73 Å². The van der Waals surface area contributed by atoms with Gasteiger partial charge in [-0.3, -0.25) is 4.90 Å². The molecular formula is C17H24FN3. The lowest BCUT2D eigenvalue weighted by Gasteiger charge is -2.36. The molecule has 0 amide bonds. The van der Waals surface area contributed by atoms with Gasteiger partial charge in [-0.25, -0.2) is 4.39 Å². The molecule has 0 aromatic heterocycles. The number of hydrogen-bond acceptors (Lipinski definition) is 3. The summed E-state index contributed by atoms with van der Waals surface area (Å²) in [6, 6.07) is 5.69. The topological polar surface area (TPSA) is 32.5 Å². The van der Waals surface area contributed by atoms with E-state index in [0.29, 0.717) is 24.7 Å². The fraction of sp³-hybridized carbons (Fsp3) is 0.529. The van der Waals surface area contributed by atoms with Gasteiger partial charge in [-0.05, 0) is 45.6 Å². The summed E-state index contributed by atoms with van der Waals surface area (Å²) in [6.45, 7) is 3.14. The van der Waals surface area contributed by atoms with Crippen LogP contribution in [-0.2, 0) is 6.54 Å². The lowest BCUT2D eigenvalue weighted by atomic mass is 10.0. The van der Waals surface area contributed by atoms with E-state index in [1.165, 1.54) is 18.9 Å². The van der Waals surface area contributed by atoms with Crippen LogP contribution in [0.15, 0.2) is 18.2 Å². The summed E-state index contributed by atoms with van der Waals surface area (Å²) in [5.41, 5.74) is 6.73. The molecule has 1 aliphatic heterocycles. The molecule has 1 unspecified atom stereocenters. The Balaban J connectivity index is 2.01. The van der Waals surface area contributed by atoms with Crippen molar-refractivity contribution in [2.45, 2.75) is 25.4 Å². The molecule has 2 rings (SSSR count). The lowest BCUT2D eigenvalue weighted by Crippen LogP contribution is -2.44. The van der Waals surface area contributed by atoms with Gasteiger partial charge >= 0.3 is 0 Å². The van der Waals surface area contributed by atoms with Crippen LogP contribution in [0.3, 0.4) is 0 Å². The van der Waals surface area contributed by atoms with Crippen LogP contribution in [0.25, 0.3) is 0 Å². The van der Waals surface area contributed by atoms with Crippen LogP contribution in [0, 0.1) is 17.7 Å². The zero-order valence-electron chi connectivity index (χ0n) is 12.9. The van der Waals surface area contributed by atoms with E-state index in [9.17, 15) is 4.39 Å². The minimum atomic E-state index is -0.185. The van der Waals surface area contributed by atoms with Crippen molar-refractivity contribution in [1.29, 1.82) is 0 Å². The SMILES string of the molecule is CN1CCCC(N(C)Cc2ccc(C#CCN)cc2F)C1. The Hall–Kier alpha value is -1.41. The van der Waals surface area contributed by atoms with Gasteiger partial charge < -0.3 is 10.6 Å². The lowest BCUT2D eigenvalue weighted by molar-refractivity contribution is 0.128. The van der Waals surface area contributed by atoms with E-state index < -0.39 is 0 Å². The van der Waals surface area contributed by atoms with Gasteiger partial charge in [0.1, 0.15) is 5.82 Å². The molecule has 1 aromatic rings. The maximum Gasteiger partial charge on any atom is 0.128 e. The molecule has 3 nitrogen and oxygen atoms in total. The first-order chi connectivity index (χ1) is 10.1. The summed E-state index contributed by atoms with van der Waals surface area (Å²) in [5, 5.41) is 0. The quantitative estimate of drug-likeness (QED) is 0.859. The Labute approximate surface area is 126 Å². The Morgan fingerprint density at radius 3 is 2.95 bits per heavy atom. The van der Waals surface area contributed by atoms with Crippen LogP contribution in [0.1, 0.15) is 24.0 Å². The van der Waals surface area contributed by atoms with Crippen molar-refractivity contribution in [2.24, 2.45) is 5.73 Å². The summed E-state index contributed by atoms with van der Waals surface area (Å²) in [4.78, 5) is 4.59. The molecule has 21 heavy (non-hydrogen) atoms. The average Bonchev–Trinajstić information content (AvgIpc) is 2.47. The molecule has 1 aromatic carbocycles. The fourth-order valence-corrected chi connectivity index (χ4v) is 2.80. The molecule has 0 aliphatic carbocycles. The van der Waals surface area contributed by atoms with E-state index in [1.54, 1.807) is 0 Å². The zero-order valence-corrected chi connectivity index (χ0v) is 12.9. The van der Waals surface area contributed by atoms with Gasteiger partial charge in [0.25, 0.3) is 0 Å². The number of nitrogens with zero attached hydrogens (tertiary/aromatic N) is 2. The number of likely N-dealkylation sites (tertiary alicyclic amines) is 1. The van der Waals surface area contributed by atoms with Crippen molar-refractivity contribution in [2.75, 3.05) is 33.7 Å². The molecule has 1 atom stereocenters. The third-order valence-corrected chi connectivity index (χ3v) is 4.03. The van der Waals surface area contributed by atoms with Gasteiger partial charge in [0.2, 0.25) is 0 Å². The van der Waals surface area contributed by atoms with Gasteiger partial charge in [0.15, 0.2) is 0 Å². The van der Waals surface area contributed by atoms with Crippen LogP contribution in [0.5, 0.6) is 0 Å². The second-order valence-electron chi connectivity index (χ2n) is 5.79. The monoisotopic (exact) mass is 289 g/mol. The van der Waals surface area contributed by atoms with E-state index in [2.05, 4.69) is 35.7 Å². The van der Waals surface area contributed by atoms with Gasteiger partial charge in [-0.2, -0.15) is 0 Å². The molecule has 1 fully saturated rings. The minimum Gasteiger partial charge on any atom is -0.320 e. The van der Waals surface area contributed by atoms with Crippen LogP contribution in [-0.4, -0.2) is 49.6 Å². The third kappa shape index (κ3) is 4.53. The smallest absolute Gasteiger partial charge is 0.128 e. The number of nitrogens with two attached hydrogens (primary N) is 1.